The van der Waals surface area contributed by atoms with E-state index in [1.54, 1.807) is 24.3 Å². The SMILES string of the molecule is CCCCCN(CCOc1ccc(C(=O)O)cc1)C(C)C. The fraction of sp³-hybridized carbons (Fsp3) is 0.588. The van der Waals surface area contributed by atoms with Crippen molar-refractivity contribution in [2.45, 2.75) is 46.1 Å². The first-order valence-electron chi connectivity index (χ1n) is 7.74. The number of nitrogens with zero attached hydrogens (tertiary/aromatic N) is 1. The predicted molar refractivity (Wildman–Crippen MR) is 85.1 cm³/mol. The Morgan fingerprint density at radius 1 is 1.19 bits per heavy atom. The molecule has 21 heavy (non-hydrogen) atoms. The summed E-state index contributed by atoms with van der Waals surface area (Å²) in [4.78, 5) is 13.2. The molecule has 0 aliphatic rings. The number of carbonyl (C=O) groups is 1. The molecule has 1 rings (SSSR count). The lowest BCUT2D eigenvalue weighted by Crippen LogP contribution is -2.35. The van der Waals surface area contributed by atoms with Gasteiger partial charge in [-0.15, -0.1) is 0 Å². The molecule has 0 heterocycles. The van der Waals surface area contributed by atoms with E-state index in [1.165, 1.54) is 19.3 Å². The minimum absolute atomic E-state index is 0.283. The zero-order valence-electron chi connectivity index (χ0n) is 13.3. The second-order valence-corrected chi connectivity index (χ2v) is 5.51. The average Bonchev–Trinajstić information content (AvgIpc) is 2.46. The van der Waals surface area contributed by atoms with Crippen molar-refractivity contribution < 1.29 is 14.6 Å². The standard InChI is InChI=1S/C17H27NO3/c1-4-5-6-11-18(14(2)3)12-13-21-16-9-7-15(8-10-16)17(19)20/h7-10,14H,4-6,11-13H2,1-3H3,(H,19,20). The van der Waals surface area contributed by atoms with Crippen LogP contribution in [0, 0.1) is 0 Å². The first-order chi connectivity index (χ1) is 10.0. The van der Waals surface area contributed by atoms with Crippen LogP contribution in [-0.2, 0) is 0 Å². The van der Waals surface area contributed by atoms with Gasteiger partial charge in [0.2, 0.25) is 0 Å². The maximum absolute atomic E-state index is 10.8. The highest BCUT2D eigenvalue weighted by Crippen LogP contribution is 2.12. The minimum Gasteiger partial charge on any atom is -0.492 e. The molecule has 0 aliphatic carbocycles. The molecule has 4 nitrogen and oxygen atoms in total. The van der Waals surface area contributed by atoms with Gasteiger partial charge in [-0.2, -0.15) is 0 Å². The van der Waals surface area contributed by atoms with Crippen molar-refractivity contribution in [1.82, 2.24) is 4.90 Å². The molecule has 0 aromatic heterocycles. The highest BCUT2D eigenvalue weighted by Gasteiger charge is 2.09. The zero-order valence-corrected chi connectivity index (χ0v) is 13.3. The predicted octanol–water partition coefficient (Wildman–Crippen LogP) is 3.66. The number of hydrogen-bond donors (Lipinski definition) is 1. The molecule has 1 N–H and O–H groups in total. The van der Waals surface area contributed by atoms with E-state index < -0.39 is 5.97 Å². The van der Waals surface area contributed by atoms with Crippen LogP contribution in [0.2, 0.25) is 0 Å². The third-order valence-electron chi connectivity index (χ3n) is 3.53. The minimum atomic E-state index is -0.913. The molecule has 0 aliphatic heterocycles. The maximum atomic E-state index is 10.8. The van der Waals surface area contributed by atoms with Gasteiger partial charge in [0.1, 0.15) is 12.4 Å². The second-order valence-electron chi connectivity index (χ2n) is 5.51. The van der Waals surface area contributed by atoms with Crippen LogP contribution in [0.15, 0.2) is 24.3 Å². The van der Waals surface area contributed by atoms with E-state index in [-0.39, 0.29) is 5.56 Å². The topological polar surface area (TPSA) is 49.8 Å². The van der Waals surface area contributed by atoms with Gasteiger partial charge in [0.15, 0.2) is 0 Å². The first-order valence-corrected chi connectivity index (χ1v) is 7.74. The van der Waals surface area contributed by atoms with Crippen LogP contribution in [0.1, 0.15) is 50.4 Å². The first kappa shape index (κ1) is 17.5. The molecule has 0 saturated heterocycles. The molecular formula is C17H27NO3. The van der Waals surface area contributed by atoms with E-state index in [0.29, 0.717) is 12.6 Å². The maximum Gasteiger partial charge on any atom is 0.335 e. The van der Waals surface area contributed by atoms with Gasteiger partial charge in [0, 0.05) is 12.6 Å². The van der Waals surface area contributed by atoms with E-state index in [0.717, 1.165) is 18.8 Å². The average molecular weight is 293 g/mol. The molecule has 0 bridgehead atoms. The van der Waals surface area contributed by atoms with Crippen molar-refractivity contribution in [2.24, 2.45) is 0 Å². The van der Waals surface area contributed by atoms with Crippen LogP contribution in [0.4, 0.5) is 0 Å². The number of aromatic carboxylic acids is 1. The summed E-state index contributed by atoms with van der Waals surface area (Å²) < 4.78 is 5.69. The zero-order chi connectivity index (χ0) is 15.7. The Balaban J connectivity index is 2.37. The number of unbranched alkanes of at least 4 members (excludes halogenated alkanes) is 2. The third kappa shape index (κ3) is 6.63. The van der Waals surface area contributed by atoms with Crippen LogP contribution in [0.3, 0.4) is 0 Å². The van der Waals surface area contributed by atoms with Crippen molar-refractivity contribution >= 4 is 5.97 Å². The molecule has 0 amide bonds. The molecule has 0 unspecified atom stereocenters. The molecule has 0 fully saturated rings. The molecule has 0 atom stereocenters. The smallest absolute Gasteiger partial charge is 0.335 e. The number of carboxylic acid groups (broad SMARTS) is 1. The molecule has 4 heteroatoms. The normalized spacial score (nSPS) is 11.1. The summed E-state index contributed by atoms with van der Waals surface area (Å²) in [7, 11) is 0. The summed E-state index contributed by atoms with van der Waals surface area (Å²) in [6, 6.07) is 7.07. The number of rotatable bonds is 10. The Morgan fingerprint density at radius 3 is 2.38 bits per heavy atom. The van der Waals surface area contributed by atoms with Crippen molar-refractivity contribution in [3.63, 3.8) is 0 Å². The summed E-state index contributed by atoms with van der Waals surface area (Å²) in [5.41, 5.74) is 0.283. The van der Waals surface area contributed by atoms with E-state index in [1.807, 2.05) is 0 Å². The Kier molecular flexibility index (Phi) is 7.83. The molecule has 0 spiro atoms. The van der Waals surface area contributed by atoms with Crippen LogP contribution >= 0.6 is 0 Å². The lowest BCUT2D eigenvalue weighted by Gasteiger charge is -2.26. The van der Waals surface area contributed by atoms with E-state index in [2.05, 4.69) is 25.7 Å². The largest absolute Gasteiger partial charge is 0.492 e. The Morgan fingerprint density at radius 2 is 1.86 bits per heavy atom. The Labute approximate surface area is 127 Å². The van der Waals surface area contributed by atoms with Crippen molar-refractivity contribution in [1.29, 1.82) is 0 Å². The summed E-state index contributed by atoms with van der Waals surface area (Å²) >= 11 is 0. The monoisotopic (exact) mass is 293 g/mol. The lowest BCUT2D eigenvalue weighted by molar-refractivity contribution is 0.0697. The summed E-state index contributed by atoms with van der Waals surface area (Å²) in [6.07, 6.45) is 3.72. The number of carboxylic acids is 1. The number of hydrogen-bond acceptors (Lipinski definition) is 3. The molecule has 118 valence electrons. The van der Waals surface area contributed by atoms with E-state index >= 15 is 0 Å². The van der Waals surface area contributed by atoms with Crippen molar-refractivity contribution in [2.75, 3.05) is 19.7 Å². The number of benzene rings is 1. The summed E-state index contributed by atoms with van der Waals surface area (Å²) in [5, 5.41) is 8.84. The van der Waals surface area contributed by atoms with Crippen LogP contribution in [-0.4, -0.2) is 41.7 Å². The lowest BCUT2D eigenvalue weighted by atomic mass is 10.2. The van der Waals surface area contributed by atoms with Crippen molar-refractivity contribution in [3.8, 4) is 5.75 Å². The number of ether oxygens (including phenoxy) is 1. The van der Waals surface area contributed by atoms with Crippen LogP contribution in [0.25, 0.3) is 0 Å². The fourth-order valence-electron chi connectivity index (χ4n) is 2.17. The Bertz CT molecular complexity index is 415. The van der Waals surface area contributed by atoms with Gasteiger partial charge in [-0.25, -0.2) is 4.79 Å². The van der Waals surface area contributed by atoms with Crippen LogP contribution < -0.4 is 4.74 Å². The van der Waals surface area contributed by atoms with Crippen LogP contribution in [0.5, 0.6) is 5.75 Å². The molecule has 1 aromatic carbocycles. The van der Waals surface area contributed by atoms with Gasteiger partial charge in [-0.1, -0.05) is 19.8 Å². The van der Waals surface area contributed by atoms with Gasteiger partial charge in [-0.3, -0.25) is 4.90 Å². The highest BCUT2D eigenvalue weighted by atomic mass is 16.5. The molecular weight excluding hydrogens is 266 g/mol. The van der Waals surface area contributed by atoms with Gasteiger partial charge in [0.05, 0.1) is 5.56 Å². The summed E-state index contributed by atoms with van der Waals surface area (Å²) in [5.74, 6) is -0.194. The van der Waals surface area contributed by atoms with E-state index in [4.69, 9.17) is 9.84 Å². The Hall–Kier alpha value is -1.55. The van der Waals surface area contributed by atoms with Gasteiger partial charge >= 0.3 is 5.97 Å². The second kappa shape index (κ2) is 9.40. The third-order valence-corrected chi connectivity index (χ3v) is 3.53. The quantitative estimate of drug-likeness (QED) is 0.669. The molecule has 0 radical (unpaired) electrons. The van der Waals surface area contributed by atoms with E-state index in [9.17, 15) is 4.79 Å². The van der Waals surface area contributed by atoms with Crippen molar-refractivity contribution in [3.05, 3.63) is 29.8 Å². The highest BCUT2D eigenvalue weighted by molar-refractivity contribution is 5.87. The molecule has 1 aromatic rings. The van der Waals surface area contributed by atoms with Gasteiger partial charge < -0.3 is 9.84 Å². The summed E-state index contributed by atoms with van der Waals surface area (Å²) in [6.45, 7) is 9.23. The van der Waals surface area contributed by atoms with Gasteiger partial charge in [-0.05, 0) is 51.1 Å². The molecule has 0 saturated carbocycles. The van der Waals surface area contributed by atoms with Gasteiger partial charge in [0.25, 0.3) is 0 Å². The fourth-order valence-corrected chi connectivity index (χ4v) is 2.17.